The van der Waals surface area contributed by atoms with Gasteiger partial charge < -0.3 is 15.8 Å². The molecule has 1 saturated carbocycles. The largest absolute Gasteiger partial charge is 0.478 e. The summed E-state index contributed by atoms with van der Waals surface area (Å²) in [5.41, 5.74) is 5.72. The number of nitrogens with one attached hydrogen (secondary N) is 1. The van der Waals surface area contributed by atoms with Crippen LogP contribution in [0, 0.1) is 5.92 Å². The van der Waals surface area contributed by atoms with E-state index in [0.29, 0.717) is 30.4 Å². The van der Waals surface area contributed by atoms with Gasteiger partial charge in [0.2, 0.25) is 11.8 Å². The molecule has 1 aromatic rings. The van der Waals surface area contributed by atoms with E-state index in [1.807, 2.05) is 6.92 Å². The molecule has 0 aliphatic heterocycles. The van der Waals surface area contributed by atoms with E-state index in [1.54, 1.807) is 12.3 Å². The van der Waals surface area contributed by atoms with Gasteiger partial charge in [-0.1, -0.05) is 0 Å². The van der Waals surface area contributed by atoms with Gasteiger partial charge in [-0.15, -0.1) is 0 Å². The Hall–Kier alpha value is -1.36. The lowest BCUT2D eigenvalue weighted by atomic mass is 9.81. The van der Waals surface area contributed by atoms with Crippen LogP contribution in [-0.2, 0) is 0 Å². The lowest BCUT2D eigenvalue weighted by Gasteiger charge is -2.32. The Bertz CT molecular complexity index is 339. The van der Waals surface area contributed by atoms with Crippen LogP contribution in [0.25, 0.3) is 0 Å². The molecule has 1 heterocycles. The van der Waals surface area contributed by atoms with Crippen LogP contribution in [0.1, 0.15) is 19.8 Å². The van der Waals surface area contributed by atoms with Gasteiger partial charge >= 0.3 is 0 Å². The zero-order chi connectivity index (χ0) is 11.4. The molecule has 0 radical (unpaired) electrons. The minimum Gasteiger partial charge on any atom is -0.478 e. The van der Waals surface area contributed by atoms with Gasteiger partial charge in [-0.05, 0) is 25.7 Å². The summed E-state index contributed by atoms with van der Waals surface area (Å²) in [4.78, 5) is 8.37. The van der Waals surface area contributed by atoms with Gasteiger partial charge in [0.15, 0.2) is 0 Å². The number of ether oxygens (including phenoxy) is 1. The standard InChI is InChI=1S/C11H18N4O/c1-2-16-10-3-4-13-11(15-10)14-7-8-5-9(12)6-8/h3-4,8-9H,2,5-7,12H2,1H3,(H,13,14,15). The van der Waals surface area contributed by atoms with E-state index in [0.717, 1.165) is 19.4 Å². The maximum atomic E-state index is 5.72. The molecule has 0 atom stereocenters. The van der Waals surface area contributed by atoms with E-state index in [1.165, 1.54) is 0 Å². The van der Waals surface area contributed by atoms with Crippen molar-refractivity contribution < 1.29 is 4.74 Å². The molecule has 1 aliphatic rings. The van der Waals surface area contributed by atoms with E-state index >= 15 is 0 Å². The topological polar surface area (TPSA) is 73.1 Å². The van der Waals surface area contributed by atoms with Gasteiger partial charge in [-0.25, -0.2) is 4.98 Å². The highest BCUT2D eigenvalue weighted by molar-refractivity contribution is 5.27. The molecule has 0 spiro atoms. The SMILES string of the molecule is CCOc1ccnc(NCC2CC(N)C2)n1. The van der Waals surface area contributed by atoms with Crippen molar-refractivity contribution in [2.45, 2.75) is 25.8 Å². The molecule has 3 N–H and O–H groups in total. The van der Waals surface area contributed by atoms with Gasteiger partial charge in [0.05, 0.1) is 6.61 Å². The van der Waals surface area contributed by atoms with Crippen LogP contribution < -0.4 is 15.8 Å². The van der Waals surface area contributed by atoms with E-state index in [4.69, 9.17) is 10.5 Å². The maximum absolute atomic E-state index is 5.72. The third-order valence-electron chi connectivity index (χ3n) is 2.74. The Morgan fingerprint density at radius 3 is 3.06 bits per heavy atom. The molecular formula is C11H18N4O. The first-order valence-electron chi connectivity index (χ1n) is 5.73. The van der Waals surface area contributed by atoms with E-state index in [-0.39, 0.29) is 0 Å². The highest BCUT2D eigenvalue weighted by Gasteiger charge is 2.25. The molecule has 1 fully saturated rings. The van der Waals surface area contributed by atoms with Crippen LogP contribution in [-0.4, -0.2) is 29.2 Å². The first-order valence-corrected chi connectivity index (χ1v) is 5.73. The average Bonchev–Trinajstić information content (AvgIpc) is 2.24. The molecular weight excluding hydrogens is 204 g/mol. The zero-order valence-corrected chi connectivity index (χ0v) is 9.52. The fourth-order valence-electron chi connectivity index (χ4n) is 1.85. The minimum absolute atomic E-state index is 0.391. The first kappa shape index (κ1) is 11.1. The van der Waals surface area contributed by atoms with Crippen molar-refractivity contribution >= 4 is 5.95 Å². The summed E-state index contributed by atoms with van der Waals surface area (Å²) in [6.45, 7) is 3.45. The third kappa shape index (κ3) is 2.82. The Balaban J connectivity index is 1.81. The van der Waals surface area contributed by atoms with Crippen LogP contribution in [0.3, 0.4) is 0 Å². The molecule has 1 aromatic heterocycles. The van der Waals surface area contributed by atoms with Gasteiger partial charge in [0.25, 0.3) is 0 Å². The summed E-state index contributed by atoms with van der Waals surface area (Å²) in [5, 5.41) is 3.21. The molecule has 0 amide bonds. The summed E-state index contributed by atoms with van der Waals surface area (Å²) >= 11 is 0. The van der Waals surface area contributed by atoms with Crippen LogP contribution in [0.4, 0.5) is 5.95 Å². The molecule has 0 unspecified atom stereocenters. The number of aromatic nitrogens is 2. The highest BCUT2D eigenvalue weighted by atomic mass is 16.5. The van der Waals surface area contributed by atoms with Crippen molar-refractivity contribution in [2.75, 3.05) is 18.5 Å². The van der Waals surface area contributed by atoms with Gasteiger partial charge in [0, 0.05) is 24.8 Å². The summed E-state index contributed by atoms with van der Waals surface area (Å²) in [5.74, 6) is 1.91. The van der Waals surface area contributed by atoms with Crippen molar-refractivity contribution in [1.82, 2.24) is 9.97 Å². The van der Waals surface area contributed by atoms with Gasteiger partial charge in [-0.2, -0.15) is 4.98 Å². The summed E-state index contributed by atoms with van der Waals surface area (Å²) in [6, 6.07) is 2.15. The number of rotatable bonds is 5. The molecule has 5 heteroatoms. The smallest absolute Gasteiger partial charge is 0.225 e. The van der Waals surface area contributed by atoms with Crippen LogP contribution in [0.15, 0.2) is 12.3 Å². The lowest BCUT2D eigenvalue weighted by Crippen LogP contribution is -2.39. The minimum atomic E-state index is 0.391. The van der Waals surface area contributed by atoms with E-state index in [2.05, 4.69) is 15.3 Å². The zero-order valence-electron chi connectivity index (χ0n) is 9.52. The molecule has 88 valence electrons. The van der Waals surface area contributed by atoms with Crippen LogP contribution >= 0.6 is 0 Å². The number of hydrogen-bond acceptors (Lipinski definition) is 5. The second-order valence-electron chi connectivity index (χ2n) is 4.13. The Morgan fingerprint density at radius 2 is 2.38 bits per heavy atom. The molecule has 2 rings (SSSR count). The van der Waals surface area contributed by atoms with Crippen LogP contribution in [0.2, 0.25) is 0 Å². The van der Waals surface area contributed by atoms with Crippen molar-refractivity contribution in [3.8, 4) is 5.88 Å². The lowest BCUT2D eigenvalue weighted by molar-refractivity contribution is 0.279. The average molecular weight is 222 g/mol. The molecule has 0 aromatic carbocycles. The monoisotopic (exact) mass is 222 g/mol. The Labute approximate surface area is 95.4 Å². The van der Waals surface area contributed by atoms with Crippen LogP contribution in [0.5, 0.6) is 5.88 Å². The molecule has 0 bridgehead atoms. The number of nitrogens with zero attached hydrogens (tertiary/aromatic N) is 2. The summed E-state index contributed by atoms with van der Waals surface area (Å²) < 4.78 is 5.30. The fraction of sp³-hybridized carbons (Fsp3) is 0.636. The fourth-order valence-corrected chi connectivity index (χ4v) is 1.85. The number of hydrogen-bond donors (Lipinski definition) is 2. The summed E-state index contributed by atoms with van der Waals surface area (Å²) in [6.07, 6.45) is 3.89. The number of nitrogens with two attached hydrogens (primary N) is 1. The van der Waals surface area contributed by atoms with E-state index in [9.17, 15) is 0 Å². The van der Waals surface area contributed by atoms with Crippen molar-refractivity contribution in [1.29, 1.82) is 0 Å². The Morgan fingerprint density at radius 1 is 1.56 bits per heavy atom. The summed E-state index contributed by atoms with van der Waals surface area (Å²) in [7, 11) is 0. The van der Waals surface area contributed by atoms with E-state index < -0.39 is 0 Å². The number of anilines is 1. The second kappa shape index (κ2) is 5.12. The predicted molar refractivity (Wildman–Crippen MR) is 62.4 cm³/mol. The Kier molecular flexibility index (Phi) is 3.56. The highest BCUT2D eigenvalue weighted by Crippen LogP contribution is 2.25. The van der Waals surface area contributed by atoms with Crippen molar-refractivity contribution in [3.05, 3.63) is 12.3 Å². The molecule has 16 heavy (non-hydrogen) atoms. The maximum Gasteiger partial charge on any atom is 0.225 e. The second-order valence-corrected chi connectivity index (χ2v) is 4.13. The van der Waals surface area contributed by atoms with Crippen molar-refractivity contribution in [2.24, 2.45) is 11.7 Å². The van der Waals surface area contributed by atoms with Gasteiger partial charge in [-0.3, -0.25) is 0 Å². The predicted octanol–water partition coefficient (Wildman–Crippen LogP) is 1.02. The molecule has 5 nitrogen and oxygen atoms in total. The molecule has 0 saturated heterocycles. The first-order chi connectivity index (χ1) is 7.78. The van der Waals surface area contributed by atoms with Crippen molar-refractivity contribution in [3.63, 3.8) is 0 Å². The normalized spacial score (nSPS) is 23.6. The third-order valence-corrected chi connectivity index (χ3v) is 2.74. The quantitative estimate of drug-likeness (QED) is 0.778. The molecule has 1 aliphatic carbocycles. The van der Waals surface area contributed by atoms with Gasteiger partial charge in [0.1, 0.15) is 0 Å².